The summed E-state index contributed by atoms with van der Waals surface area (Å²) in [4.78, 5) is 0. The molecule has 4 aromatic carbocycles. The molecule has 0 heterocycles. The summed E-state index contributed by atoms with van der Waals surface area (Å²) in [6.07, 6.45) is 2.64. The number of benzene rings is 2. The van der Waals surface area contributed by atoms with E-state index < -0.39 is 0 Å². The molecule has 128 valence electrons. The molecule has 0 N–H and O–H groups in total. The van der Waals surface area contributed by atoms with Crippen LogP contribution in [0.25, 0.3) is 21.5 Å². The van der Waals surface area contributed by atoms with Gasteiger partial charge in [0.25, 0.3) is 0 Å². The Hall–Kier alpha value is -1.72. The monoisotopic (exact) mass is 406 g/mol. The molecule has 4 rings (SSSR count). The maximum absolute atomic E-state index is 3.00. The van der Waals surface area contributed by atoms with Crippen LogP contribution in [0.4, 0.5) is 0 Å². The Kier molecular flexibility index (Phi) is 13.6. The van der Waals surface area contributed by atoms with Crippen LogP contribution < -0.4 is 0 Å². The summed E-state index contributed by atoms with van der Waals surface area (Å²) < 4.78 is 0. The van der Waals surface area contributed by atoms with Crippen LogP contribution in [0.15, 0.2) is 98.1 Å². The molecule has 0 aliphatic rings. The van der Waals surface area contributed by atoms with E-state index in [2.05, 4.69) is 112 Å². The van der Waals surface area contributed by atoms with Gasteiger partial charge in [0.1, 0.15) is 0 Å². The molecular weight excluding hydrogens is 379 g/mol. The summed E-state index contributed by atoms with van der Waals surface area (Å²) in [6.45, 7) is 10.4. The van der Waals surface area contributed by atoms with Gasteiger partial charge in [0.15, 0.2) is 0 Å². The van der Waals surface area contributed by atoms with Gasteiger partial charge in [0.05, 0.1) is 0 Å². The van der Waals surface area contributed by atoms with E-state index in [0.717, 1.165) is 0 Å². The van der Waals surface area contributed by atoms with Gasteiger partial charge in [-0.25, -0.2) is 0 Å². The zero-order chi connectivity index (χ0) is 17.6. The fourth-order valence-electron chi connectivity index (χ4n) is 2.14. The summed E-state index contributed by atoms with van der Waals surface area (Å²) in [5.41, 5.74) is 0. The third kappa shape index (κ3) is 8.28. The first kappa shape index (κ1) is 23.3. The maximum Gasteiger partial charge on any atom is 2.00 e. The molecule has 0 bridgehead atoms. The minimum atomic E-state index is 0. The van der Waals surface area contributed by atoms with Crippen molar-refractivity contribution < 1.29 is 26.2 Å². The minimum Gasteiger partial charge on any atom is -0.168 e. The van der Waals surface area contributed by atoms with Gasteiger partial charge in [-0.15, -0.1) is 72.5 Å². The molecular formula is C24H28Zr. The summed E-state index contributed by atoms with van der Waals surface area (Å²) in [5.74, 6) is 0. The molecule has 25 heavy (non-hydrogen) atoms. The number of rotatable bonds is 1. The second-order valence-electron chi connectivity index (χ2n) is 5.31. The maximum atomic E-state index is 3.00. The molecule has 0 saturated carbocycles. The summed E-state index contributed by atoms with van der Waals surface area (Å²) in [5, 5.41) is 5.32. The van der Waals surface area contributed by atoms with Crippen molar-refractivity contribution in [3.63, 3.8) is 0 Å². The van der Waals surface area contributed by atoms with Crippen molar-refractivity contribution in [2.75, 3.05) is 0 Å². The van der Waals surface area contributed by atoms with Crippen LogP contribution in [0.2, 0.25) is 0 Å². The van der Waals surface area contributed by atoms with Crippen LogP contribution in [-0.2, 0) is 26.2 Å². The molecule has 4 aromatic rings. The SMILES string of the molecule is C=C.CCCC.[Zr+2].c1ccc2[cH-]ccc2c1.c1ccc2[cH-]ccc2c1. The van der Waals surface area contributed by atoms with Gasteiger partial charge < -0.3 is 0 Å². The van der Waals surface area contributed by atoms with E-state index in [-0.39, 0.29) is 26.2 Å². The van der Waals surface area contributed by atoms with Gasteiger partial charge >= 0.3 is 26.2 Å². The fraction of sp³-hybridized carbons (Fsp3) is 0.167. The Balaban J connectivity index is 0.000000345. The van der Waals surface area contributed by atoms with Gasteiger partial charge in [-0.1, -0.05) is 38.8 Å². The smallest absolute Gasteiger partial charge is 0.168 e. The van der Waals surface area contributed by atoms with Crippen molar-refractivity contribution in [2.24, 2.45) is 0 Å². The van der Waals surface area contributed by atoms with Crippen molar-refractivity contribution in [1.82, 2.24) is 0 Å². The Labute approximate surface area is 172 Å². The van der Waals surface area contributed by atoms with Crippen molar-refractivity contribution in [1.29, 1.82) is 0 Å². The van der Waals surface area contributed by atoms with Crippen molar-refractivity contribution >= 4 is 21.5 Å². The molecule has 0 saturated heterocycles. The molecule has 0 aromatic heterocycles. The van der Waals surface area contributed by atoms with Gasteiger partial charge in [0, 0.05) is 0 Å². The van der Waals surface area contributed by atoms with Crippen molar-refractivity contribution in [3.05, 3.63) is 98.1 Å². The first-order valence-electron chi connectivity index (χ1n) is 8.56. The van der Waals surface area contributed by atoms with Crippen LogP contribution in [-0.4, -0.2) is 0 Å². The first-order valence-corrected chi connectivity index (χ1v) is 8.56. The molecule has 0 aliphatic carbocycles. The molecule has 0 amide bonds. The third-order valence-corrected chi connectivity index (χ3v) is 3.60. The van der Waals surface area contributed by atoms with E-state index in [1.807, 2.05) is 0 Å². The van der Waals surface area contributed by atoms with Gasteiger partial charge in [-0.3, -0.25) is 0 Å². The van der Waals surface area contributed by atoms with E-state index in [1.165, 1.54) is 34.4 Å². The van der Waals surface area contributed by atoms with Gasteiger partial charge in [-0.05, 0) is 0 Å². The topological polar surface area (TPSA) is 0 Å². The average Bonchev–Trinajstić information content (AvgIpc) is 3.33. The standard InChI is InChI=1S/2C9H7.C4H10.C2H4.Zr/c2*1-2-5-9-7-3-6-8(9)4-1;1-3-4-2;1-2;/h2*1-7H;3-4H2,1-2H3;1-2H2;/q2*-1;;;+2. The largest absolute Gasteiger partial charge is 2.00 e. The van der Waals surface area contributed by atoms with E-state index in [0.29, 0.717) is 0 Å². The van der Waals surface area contributed by atoms with Crippen LogP contribution in [0.5, 0.6) is 0 Å². The Morgan fingerprint density at radius 2 is 1.00 bits per heavy atom. The van der Waals surface area contributed by atoms with E-state index in [9.17, 15) is 0 Å². The Morgan fingerprint density at radius 3 is 1.32 bits per heavy atom. The predicted molar refractivity (Wildman–Crippen MR) is 111 cm³/mol. The Morgan fingerprint density at radius 1 is 0.640 bits per heavy atom. The number of fused-ring (bicyclic) bond motifs is 2. The van der Waals surface area contributed by atoms with Crippen molar-refractivity contribution in [3.8, 4) is 0 Å². The third-order valence-electron chi connectivity index (χ3n) is 3.60. The summed E-state index contributed by atoms with van der Waals surface area (Å²) in [7, 11) is 0. The van der Waals surface area contributed by atoms with Crippen LogP contribution >= 0.6 is 0 Å². The Bertz CT molecular complexity index is 663. The van der Waals surface area contributed by atoms with E-state index in [1.54, 1.807) is 0 Å². The molecule has 0 atom stereocenters. The average molecular weight is 408 g/mol. The predicted octanol–water partition coefficient (Wildman–Crippen LogP) is 7.72. The molecule has 0 fully saturated rings. The van der Waals surface area contributed by atoms with E-state index in [4.69, 9.17) is 0 Å². The summed E-state index contributed by atoms with van der Waals surface area (Å²) >= 11 is 0. The molecule has 0 nitrogen and oxygen atoms in total. The zero-order valence-corrected chi connectivity index (χ0v) is 17.9. The second kappa shape index (κ2) is 14.6. The molecule has 1 heteroatoms. The van der Waals surface area contributed by atoms with Crippen LogP contribution in [0.3, 0.4) is 0 Å². The summed E-state index contributed by atoms with van der Waals surface area (Å²) in [6, 6.07) is 29.3. The first-order chi connectivity index (χ1) is 11.8. The molecule has 0 aliphatic heterocycles. The normalized spacial score (nSPS) is 8.72. The van der Waals surface area contributed by atoms with E-state index >= 15 is 0 Å². The zero-order valence-electron chi connectivity index (χ0n) is 15.4. The van der Waals surface area contributed by atoms with Crippen LogP contribution in [0, 0.1) is 0 Å². The minimum absolute atomic E-state index is 0. The molecule has 0 spiro atoms. The molecule has 0 radical (unpaired) electrons. The second-order valence-corrected chi connectivity index (χ2v) is 5.31. The van der Waals surface area contributed by atoms with Crippen LogP contribution in [0.1, 0.15) is 26.7 Å². The number of unbranched alkanes of at least 4 members (excludes halogenated alkanes) is 1. The fourth-order valence-corrected chi connectivity index (χ4v) is 2.14. The molecule has 0 unspecified atom stereocenters. The van der Waals surface area contributed by atoms with Crippen molar-refractivity contribution in [2.45, 2.75) is 26.7 Å². The van der Waals surface area contributed by atoms with Gasteiger partial charge in [0.2, 0.25) is 0 Å². The number of hydrogen-bond donors (Lipinski definition) is 0. The quantitative estimate of drug-likeness (QED) is 0.224. The van der Waals surface area contributed by atoms with Gasteiger partial charge in [-0.2, -0.15) is 35.0 Å². The number of hydrogen-bond acceptors (Lipinski definition) is 0.